The van der Waals surface area contributed by atoms with Crippen LogP contribution in [0.15, 0.2) is 12.2 Å². The zero-order chi connectivity index (χ0) is 10.9. The molecule has 1 fully saturated rings. The maximum absolute atomic E-state index is 4.61. The van der Waals surface area contributed by atoms with Gasteiger partial charge in [0.05, 0.1) is 0 Å². The molecule has 94 valence electrons. The van der Waals surface area contributed by atoms with E-state index in [1.807, 2.05) is 0 Å². The van der Waals surface area contributed by atoms with Gasteiger partial charge in [-0.3, -0.25) is 0 Å². The molecule has 16 heavy (non-hydrogen) atoms. The van der Waals surface area contributed by atoms with Gasteiger partial charge in [0.15, 0.2) is 0 Å². The van der Waals surface area contributed by atoms with Crippen LogP contribution < -0.4 is 0 Å². The summed E-state index contributed by atoms with van der Waals surface area (Å²) in [6.45, 7) is 8.82. The van der Waals surface area contributed by atoms with E-state index in [0.717, 1.165) is 25.9 Å². The van der Waals surface area contributed by atoms with Gasteiger partial charge >= 0.3 is 21.1 Å². The van der Waals surface area contributed by atoms with Crippen molar-refractivity contribution in [3.05, 3.63) is 36.6 Å². The molecule has 0 saturated carbocycles. The Bertz CT molecular complexity index is 177. The van der Waals surface area contributed by atoms with Gasteiger partial charge in [0.2, 0.25) is 0 Å². The Labute approximate surface area is 115 Å². The zero-order valence-electron chi connectivity index (χ0n) is 9.88. The first-order valence-corrected chi connectivity index (χ1v) is 5.97. The summed E-state index contributed by atoms with van der Waals surface area (Å²) in [4.78, 5) is 0. The summed E-state index contributed by atoms with van der Waals surface area (Å²) in [7, 11) is 0. The first-order valence-electron chi connectivity index (χ1n) is 5.97. The topological polar surface area (TPSA) is 28.2 Å². The van der Waals surface area contributed by atoms with E-state index in [4.69, 9.17) is 0 Å². The number of rotatable bonds is 1. The van der Waals surface area contributed by atoms with Crippen molar-refractivity contribution in [2.24, 2.45) is 0 Å². The molecule has 0 aromatic carbocycles. The number of hydrogen-bond donors (Lipinski definition) is 0. The van der Waals surface area contributed by atoms with E-state index in [0.29, 0.717) is 12.1 Å². The normalized spacial score (nSPS) is 28.6. The summed E-state index contributed by atoms with van der Waals surface area (Å²) in [5.74, 6) is 0. The van der Waals surface area contributed by atoms with Crippen molar-refractivity contribution in [1.29, 1.82) is 0 Å². The van der Waals surface area contributed by atoms with E-state index in [1.54, 1.807) is 0 Å². The van der Waals surface area contributed by atoms with Gasteiger partial charge in [0.25, 0.3) is 0 Å². The van der Waals surface area contributed by atoms with Gasteiger partial charge in [0.1, 0.15) is 0 Å². The Morgan fingerprint density at radius 1 is 1.12 bits per heavy atom. The monoisotopic (exact) mass is 401 g/mol. The molecule has 0 aromatic rings. The molecule has 2 unspecified atom stereocenters. The summed E-state index contributed by atoms with van der Waals surface area (Å²) < 4.78 is 0. The van der Waals surface area contributed by atoms with Gasteiger partial charge in [-0.1, -0.05) is 31.8 Å². The Kier molecular flexibility index (Phi) is 10.7. The maximum atomic E-state index is 4.61. The van der Waals surface area contributed by atoms with Crippen LogP contribution in [-0.4, -0.2) is 25.2 Å². The van der Waals surface area contributed by atoms with Gasteiger partial charge in [-0.25, -0.2) is 0 Å². The molecular formula is C13H22N2Pt. The largest absolute Gasteiger partial charge is 4.00 e. The van der Waals surface area contributed by atoms with E-state index >= 15 is 0 Å². The Balaban J connectivity index is 0.000000511. The smallest absolute Gasteiger partial charge is 0.660 e. The predicted molar refractivity (Wildman–Crippen MR) is 67.0 cm³/mol. The second-order valence-corrected chi connectivity index (χ2v) is 3.94. The summed E-state index contributed by atoms with van der Waals surface area (Å²) >= 11 is 0. The maximum Gasteiger partial charge on any atom is 4.00 e. The Morgan fingerprint density at radius 3 is 2.38 bits per heavy atom. The summed E-state index contributed by atoms with van der Waals surface area (Å²) in [5, 5.41) is 9.18. The minimum Gasteiger partial charge on any atom is -0.660 e. The van der Waals surface area contributed by atoms with Crippen LogP contribution in [0.3, 0.4) is 0 Å². The van der Waals surface area contributed by atoms with Crippen LogP contribution in [0.4, 0.5) is 0 Å². The third-order valence-corrected chi connectivity index (χ3v) is 2.63. The number of hydrogen-bond acceptors (Lipinski definition) is 0. The molecule has 0 bridgehead atoms. The summed E-state index contributed by atoms with van der Waals surface area (Å²) in [6, 6.07) is 0.925. The minimum absolute atomic E-state index is 0. The third-order valence-electron chi connectivity index (χ3n) is 2.63. The molecule has 3 heteroatoms. The average Bonchev–Trinajstić information content (AvgIpc) is 2.32. The number of nitrogens with zero attached hydrogens (tertiary/aromatic N) is 2. The summed E-state index contributed by atoms with van der Waals surface area (Å²) in [5.41, 5.74) is 0. The standard InChI is InChI=1S/C10H16N2.C3H6.Pt/c1-3-7-11-9(5-1)10-6-2-4-8-12-10;1-3-2;/h1,5,9-10H,2-4,6-8H2;1-3H2;/q2*-2;+4. The van der Waals surface area contributed by atoms with Gasteiger partial charge in [0, 0.05) is 0 Å². The second kappa shape index (κ2) is 10.5. The average molecular weight is 401 g/mol. The molecule has 2 nitrogen and oxygen atoms in total. The van der Waals surface area contributed by atoms with Gasteiger partial charge in [-0.15, -0.1) is 31.2 Å². The van der Waals surface area contributed by atoms with E-state index in [2.05, 4.69) is 36.6 Å². The first kappa shape index (κ1) is 16.3. The Hall–Kier alpha value is 0.348. The Morgan fingerprint density at radius 2 is 1.88 bits per heavy atom. The quantitative estimate of drug-likeness (QED) is 0.474. The van der Waals surface area contributed by atoms with Crippen molar-refractivity contribution >= 4 is 0 Å². The van der Waals surface area contributed by atoms with Gasteiger partial charge < -0.3 is 30.9 Å². The molecule has 2 aliphatic heterocycles. The minimum atomic E-state index is 0. The fraction of sp³-hybridized carbons (Fsp3) is 0.692. The van der Waals surface area contributed by atoms with Crippen LogP contribution in [0.5, 0.6) is 0 Å². The molecule has 0 amide bonds. The van der Waals surface area contributed by atoms with Crippen LogP contribution in [0, 0.1) is 13.8 Å². The molecule has 2 rings (SSSR count). The predicted octanol–water partition coefficient (Wildman–Crippen LogP) is 3.66. The molecular weight excluding hydrogens is 379 g/mol. The molecule has 0 aromatic heterocycles. The molecule has 2 aliphatic rings. The van der Waals surface area contributed by atoms with Gasteiger partial charge in [-0.05, 0) is 0 Å². The zero-order valence-corrected chi connectivity index (χ0v) is 12.2. The van der Waals surface area contributed by atoms with Crippen LogP contribution in [0.25, 0.3) is 10.6 Å². The fourth-order valence-electron chi connectivity index (χ4n) is 1.94. The van der Waals surface area contributed by atoms with E-state index < -0.39 is 0 Å². The van der Waals surface area contributed by atoms with Crippen molar-refractivity contribution in [1.82, 2.24) is 0 Å². The van der Waals surface area contributed by atoms with Crippen molar-refractivity contribution in [3.8, 4) is 0 Å². The number of piperidine rings is 1. The molecule has 0 aliphatic carbocycles. The molecule has 0 N–H and O–H groups in total. The van der Waals surface area contributed by atoms with Crippen LogP contribution in [-0.2, 0) is 21.1 Å². The third kappa shape index (κ3) is 6.17. The molecule has 1 saturated heterocycles. The van der Waals surface area contributed by atoms with E-state index in [1.165, 1.54) is 19.3 Å². The molecule has 0 spiro atoms. The van der Waals surface area contributed by atoms with Crippen LogP contribution in [0.2, 0.25) is 0 Å². The summed E-state index contributed by atoms with van der Waals surface area (Å²) in [6.07, 6.45) is 10.2. The molecule has 0 radical (unpaired) electrons. The second-order valence-electron chi connectivity index (χ2n) is 3.94. The fourth-order valence-corrected chi connectivity index (χ4v) is 1.94. The van der Waals surface area contributed by atoms with Crippen molar-refractivity contribution < 1.29 is 21.1 Å². The SMILES string of the molecule is C1=CC(C2CCCC[N-]2)[N-]CC1.[CH2-]C[CH2-].[Pt+4]. The van der Waals surface area contributed by atoms with Crippen molar-refractivity contribution in [2.45, 2.75) is 44.2 Å². The van der Waals surface area contributed by atoms with Gasteiger partial charge in [-0.2, -0.15) is 0 Å². The first-order chi connectivity index (χ1) is 7.38. The molecule has 2 atom stereocenters. The van der Waals surface area contributed by atoms with E-state index in [9.17, 15) is 0 Å². The van der Waals surface area contributed by atoms with Crippen molar-refractivity contribution in [2.75, 3.05) is 13.1 Å². The van der Waals surface area contributed by atoms with Crippen LogP contribution >= 0.6 is 0 Å². The van der Waals surface area contributed by atoms with Crippen molar-refractivity contribution in [3.63, 3.8) is 0 Å². The van der Waals surface area contributed by atoms with Crippen LogP contribution in [0.1, 0.15) is 32.1 Å². The van der Waals surface area contributed by atoms with E-state index in [-0.39, 0.29) is 21.1 Å². The molecule has 2 heterocycles.